The summed E-state index contributed by atoms with van der Waals surface area (Å²) >= 11 is 1.09. The van der Waals surface area contributed by atoms with Crippen LogP contribution in [0.1, 0.15) is 43.1 Å². The Morgan fingerprint density at radius 1 is 1.38 bits per heavy atom. The minimum absolute atomic E-state index is 0.0824. The van der Waals surface area contributed by atoms with E-state index in [1.54, 1.807) is 0 Å². The molecule has 0 saturated heterocycles. The van der Waals surface area contributed by atoms with Crippen molar-refractivity contribution in [1.29, 1.82) is 0 Å². The summed E-state index contributed by atoms with van der Waals surface area (Å²) < 4.78 is 38.2. The van der Waals surface area contributed by atoms with E-state index in [9.17, 15) is 22.8 Å². The molecule has 1 aromatic heterocycles. The van der Waals surface area contributed by atoms with E-state index in [1.807, 2.05) is 0 Å². The number of carbonyl (C=O) groups excluding carboxylic acids is 2. The van der Waals surface area contributed by atoms with E-state index < -0.39 is 23.9 Å². The molecule has 8 heteroatoms. The average Bonchev–Trinajstić information content (AvgIpc) is 2.86. The average molecular weight is 320 g/mol. The van der Waals surface area contributed by atoms with E-state index in [2.05, 4.69) is 10.3 Å². The number of nitrogens with zero attached hydrogens (tertiary/aromatic N) is 1. The second-order valence-corrected chi connectivity index (χ2v) is 6.04. The number of carbonyl (C=O) groups is 2. The molecule has 0 radical (unpaired) electrons. The summed E-state index contributed by atoms with van der Waals surface area (Å²) in [4.78, 5) is 27.1. The quantitative estimate of drug-likeness (QED) is 0.865. The van der Waals surface area contributed by atoms with Gasteiger partial charge in [-0.2, -0.15) is 13.2 Å². The monoisotopic (exact) mass is 320 g/mol. The van der Waals surface area contributed by atoms with Gasteiger partial charge < -0.3 is 5.32 Å². The van der Waals surface area contributed by atoms with E-state index in [0.29, 0.717) is 12.8 Å². The molecular weight excluding hydrogens is 305 g/mol. The van der Waals surface area contributed by atoms with Crippen LogP contribution in [0.25, 0.3) is 0 Å². The standard InChI is InChI=1S/C13H15F3N2O2S/c1-7(19)10-6-21-12(17-10)18-11(20)8-3-2-4-9(5-8)13(14,15)16/h6,8-9H,2-5H2,1H3,(H,17,18,20)/t8-,9+/m0/s1. The summed E-state index contributed by atoms with van der Waals surface area (Å²) in [5.74, 6) is -2.74. The van der Waals surface area contributed by atoms with Crippen molar-refractivity contribution in [1.82, 2.24) is 4.98 Å². The second kappa shape index (κ2) is 6.13. The Balaban J connectivity index is 1.97. The summed E-state index contributed by atoms with van der Waals surface area (Å²) in [6.45, 7) is 1.36. The number of nitrogens with one attached hydrogen (secondary N) is 1. The summed E-state index contributed by atoms with van der Waals surface area (Å²) in [5, 5.41) is 4.27. The van der Waals surface area contributed by atoms with Crippen LogP contribution in [0.4, 0.5) is 18.3 Å². The number of amides is 1. The molecule has 0 aromatic carbocycles. The lowest BCUT2D eigenvalue weighted by atomic mass is 9.80. The van der Waals surface area contributed by atoms with Gasteiger partial charge in [-0.3, -0.25) is 9.59 Å². The Morgan fingerprint density at radius 2 is 2.10 bits per heavy atom. The van der Waals surface area contributed by atoms with Crippen LogP contribution >= 0.6 is 11.3 Å². The molecule has 4 nitrogen and oxygen atoms in total. The van der Waals surface area contributed by atoms with Crippen LogP contribution < -0.4 is 5.32 Å². The van der Waals surface area contributed by atoms with E-state index >= 15 is 0 Å². The van der Waals surface area contributed by atoms with Crippen molar-refractivity contribution < 1.29 is 22.8 Å². The van der Waals surface area contributed by atoms with Crippen LogP contribution in [0.15, 0.2) is 5.38 Å². The summed E-state index contributed by atoms with van der Waals surface area (Å²) in [7, 11) is 0. The third kappa shape index (κ3) is 4.03. The molecule has 1 saturated carbocycles. The molecule has 1 aromatic rings. The maximum atomic E-state index is 12.7. The topological polar surface area (TPSA) is 59.1 Å². The molecule has 116 valence electrons. The highest BCUT2D eigenvalue weighted by atomic mass is 32.1. The van der Waals surface area contributed by atoms with Gasteiger partial charge >= 0.3 is 6.18 Å². The molecule has 0 aliphatic heterocycles. The molecule has 1 amide bonds. The van der Waals surface area contributed by atoms with Crippen LogP contribution in [0, 0.1) is 11.8 Å². The zero-order valence-corrected chi connectivity index (χ0v) is 12.2. The SMILES string of the molecule is CC(=O)c1csc(NC(=O)[C@H]2CCC[C@@H](C(F)(F)F)C2)n1. The van der Waals surface area contributed by atoms with Crippen molar-refractivity contribution in [2.75, 3.05) is 5.32 Å². The van der Waals surface area contributed by atoms with Crippen molar-refractivity contribution in [3.63, 3.8) is 0 Å². The van der Waals surface area contributed by atoms with Gasteiger partial charge in [0.15, 0.2) is 10.9 Å². The minimum Gasteiger partial charge on any atom is -0.302 e. The lowest BCUT2D eigenvalue weighted by Gasteiger charge is -2.29. The van der Waals surface area contributed by atoms with Gasteiger partial charge in [0.05, 0.1) is 5.92 Å². The number of rotatable bonds is 3. The molecule has 1 N–H and O–H groups in total. The Kier molecular flexibility index (Phi) is 4.65. The summed E-state index contributed by atoms with van der Waals surface area (Å²) in [5.41, 5.74) is 0.243. The van der Waals surface area contributed by atoms with Crippen molar-refractivity contribution in [2.24, 2.45) is 11.8 Å². The maximum absolute atomic E-state index is 12.7. The summed E-state index contributed by atoms with van der Waals surface area (Å²) in [6.07, 6.45) is -3.51. The van der Waals surface area contributed by atoms with Gasteiger partial charge in [0, 0.05) is 18.2 Å². The first-order chi connectivity index (χ1) is 9.77. The number of alkyl halides is 3. The molecular formula is C13H15F3N2O2S. The van der Waals surface area contributed by atoms with Gasteiger partial charge in [-0.25, -0.2) is 4.98 Å². The Hall–Kier alpha value is -1.44. The number of hydrogen-bond acceptors (Lipinski definition) is 4. The van der Waals surface area contributed by atoms with Gasteiger partial charge in [0.25, 0.3) is 0 Å². The van der Waals surface area contributed by atoms with Crippen LogP contribution in [0.5, 0.6) is 0 Å². The zero-order valence-electron chi connectivity index (χ0n) is 11.4. The third-order valence-electron chi connectivity index (χ3n) is 3.60. The highest BCUT2D eigenvalue weighted by Gasteiger charge is 2.43. The number of halogens is 3. The van der Waals surface area contributed by atoms with E-state index in [-0.39, 0.29) is 29.5 Å². The van der Waals surface area contributed by atoms with Gasteiger partial charge in [-0.1, -0.05) is 6.42 Å². The van der Waals surface area contributed by atoms with Crippen molar-refractivity contribution in [2.45, 2.75) is 38.8 Å². The number of Topliss-reactive ketones (excluding diaryl/α,β-unsaturated/α-hetero) is 1. The van der Waals surface area contributed by atoms with Crippen molar-refractivity contribution in [3.8, 4) is 0 Å². The normalized spacial score (nSPS) is 22.9. The molecule has 2 atom stereocenters. The molecule has 21 heavy (non-hydrogen) atoms. The van der Waals surface area contributed by atoms with E-state index in [1.165, 1.54) is 12.3 Å². The minimum atomic E-state index is -4.25. The predicted octanol–water partition coefficient (Wildman–Crippen LogP) is 3.65. The molecule has 0 unspecified atom stereocenters. The third-order valence-corrected chi connectivity index (χ3v) is 4.36. The first-order valence-corrected chi connectivity index (χ1v) is 7.49. The van der Waals surface area contributed by atoms with Gasteiger partial charge in [-0.05, 0) is 19.3 Å². The summed E-state index contributed by atoms with van der Waals surface area (Å²) in [6, 6.07) is 0. The Morgan fingerprint density at radius 3 is 2.67 bits per heavy atom. The fraction of sp³-hybridized carbons (Fsp3) is 0.615. The second-order valence-electron chi connectivity index (χ2n) is 5.19. The highest BCUT2D eigenvalue weighted by molar-refractivity contribution is 7.14. The zero-order chi connectivity index (χ0) is 15.6. The molecule has 1 fully saturated rings. The largest absolute Gasteiger partial charge is 0.391 e. The molecule has 0 spiro atoms. The molecule has 0 bridgehead atoms. The number of anilines is 1. The van der Waals surface area contributed by atoms with Gasteiger partial charge in [0.1, 0.15) is 5.69 Å². The Bertz CT molecular complexity index is 542. The number of aromatic nitrogens is 1. The molecule has 1 aliphatic carbocycles. The fourth-order valence-corrected chi connectivity index (χ4v) is 3.18. The van der Waals surface area contributed by atoms with Crippen LogP contribution in [-0.4, -0.2) is 22.9 Å². The van der Waals surface area contributed by atoms with Crippen molar-refractivity contribution in [3.05, 3.63) is 11.1 Å². The molecule has 1 heterocycles. The van der Waals surface area contributed by atoms with Gasteiger partial charge in [0.2, 0.25) is 5.91 Å². The van der Waals surface area contributed by atoms with Crippen LogP contribution in [0.2, 0.25) is 0 Å². The highest BCUT2D eigenvalue weighted by Crippen LogP contribution is 2.40. The fourth-order valence-electron chi connectivity index (χ4n) is 2.43. The molecule has 2 rings (SSSR count). The smallest absolute Gasteiger partial charge is 0.302 e. The van der Waals surface area contributed by atoms with Crippen LogP contribution in [0.3, 0.4) is 0 Å². The molecule has 1 aliphatic rings. The predicted molar refractivity (Wildman–Crippen MR) is 72.3 cm³/mol. The number of thiazole rings is 1. The first kappa shape index (κ1) is 15.9. The first-order valence-electron chi connectivity index (χ1n) is 6.61. The lowest BCUT2D eigenvalue weighted by Crippen LogP contribution is -2.34. The van der Waals surface area contributed by atoms with E-state index in [0.717, 1.165) is 11.3 Å². The van der Waals surface area contributed by atoms with Gasteiger partial charge in [-0.15, -0.1) is 11.3 Å². The van der Waals surface area contributed by atoms with Crippen LogP contribution in [-0.2, 0) is 4.79 Å². The Labute approximate surface area is 123 Å². The number of ketones is 1. The van der Waals surface area contributed by atoms with Crippen molar-refractivity contribution >= 4 is 28.2 Å². The number of hydrogen-bond donors (Lipinski definition) is 1. The van der Waals surface area contributed by atoms with E-state index in [4.69, 9.17) is 0 Å². The lowest BCUT2D eigenvalue weighted by molar-refractivity contribution is -0.185. The maximum Gasteiger partial charge on any atom is 0.391 e.